The van der Waals surface area contributed by atoms with Crippen LogP contribution in [0.4, 0.5) is 0 Å². The first-order valence-electron chi connectivity index (χ1n) is 7.95. The molecule has 2 fully saturated rings. The van der Waals surface area contributed by atoms with E-state index in [9.17, 15) is 0 Å². The molecule has 3 heteroatoms. The summed E-state index contributed by atoms with van der Waals surface area (Å²) in [6.45, 7) is 8.25. The number of hydrogen-bond donors (Lipinski definition) is 1. The van der Waals surface area contributed by atoms with E-state index in [1.54, 1.807) is 0 Å². The van der Waals surface area contributed by atoms with Crippen molar-refractivity contribution in [3.05, 3.63) is 24.0 Å². The molecule has 0 bridgehead atoms. The molecule has 0 amide bonds. The Hall–Kier alpha value is -0.800. The normalized spacial score (nSPS) is 24.2. The van der Waals surface area contributed by atoms with Gasteiger partial charge in [0, 0.05) is 37.6 Å². The molecule has 106 valence electrons. The minimum Gasteiger partial charge on any atom is -0.350 e. The van der Waals surface area contributed by atoms with Gasteiger partial charge in [0.05, 0.1) is 0 Å². The zero-order chi connectivity index (χ0) is 13.1. The van der Waals surface area contributed by atoms with E-state index in [1.807, 2.05) is 0 Å². The van der Waals surface area contributed by atoms with Crippen LogP contribution in [0.25, 0.3) is 0 Å². The zero-order valence-electron chi connectivity index (χ0n) is 12.1. The first kappa shape index (κ1) is 13.2. The van der Waals surface area contributed by atoms with Gasteiger partial charge >= 0.3 is 0 Å². The third-order valence-electron chi connectivity index (χ3n) is 4.51. The number of nitrogens with one attached hydrogen (secondary N) is 1. The van der Waals surface area contributed by atoms with Crippen LogP contribution in [-0.2, 0) is 13.1 Å². The van der Waals surface area contributed by atoms with Crippen LogP contribution in [0.15, 0.2) is 18.3 Å². The Morgan fingerprint density at radius 1 is 1.32 bits per heavy atom. The third-order valence-corrected chi connectivity index (χ3v) is 4.51. The van der Waals surface area contributed by atoms with E-state index in [0.717, 1.165) is 25.0 Å². The fraction of sp³-hybridized carbons (Fsp3) is 0.750. The number of aromatic nitrogens is 1. The summed E-state index contributed by atoms with van der Waals surface area (Å²) in [6, 6.07) is 5.36. The Bertz CT molecular complexity index is 394. The molecule has 19 heavy (non-hydrogen) atoms. The van der Waals surface area contributed by atoms with Gasteiger partial charge in [-0.3, -0.25) is 0 Å². The quantitative estimate of drug-likeness (QED) is 0.813. The highest BCUT2D eigenvalue weighted by Crippen LogP contribution is 2.31. The Balaban J connectivity index is 1.39. The van der Waals surface area contributed by atoms with Crippen LogP contribution < -0.4 is 5.32 Å². The maximum Gasteiger partial charge on any atom is 0.0359 e. The minimum atomic E-state index is 0.871. The van der Waals surface area contributed by atoms with Crippen LogP contribution >= 0.6 is 0 Å². The Labute approximate surface area is 117 Å². The summed E-state index contributed by atoms with van der Waals surface area (Å²) in [4.78, 5) is 2.70. The molecule has 1 unspecified atom stereocenters. The predicted octanol–water partition coefficient (Wildman–Crippen LogP) is 2.47. The van der Waals surface area contributed by atoms with Gasteiger partial charge in [0.1, 0.15) is 0 Å². The summed E-state index contributed by atoms with van der Waals surface area (Å²) in [7, 11) is 0. The molecule has 2 aliphatic rings. The molecule has 1 aliphatic carbocycles. The Kier molecular flexibility index (Phi) is 4.24. The van der Waals surface area contributed by atoms with Crippen molar-refractivity contribution in [2.75, 3.05) is 19.6 Å². The number of hydrogen-bond acceptors (Lipinski definition) is 2. The largest absolute Gasteiger partial charge is 0.350 e. The van der Waals surface area contributed by atoms with Crippen LogP contribution in [0.5, 0.6) is 0 Å². The van der Waals surface area contributed by atoms with Gasteiger partial charge in [-0.1, -0.05) is 6.92 Å². The molecule has 0 spiro atoms. The van der Waals surface area contributed by atoms with Crippen molar-refractivity contribution < 1.29 is 0 Å². The van der Waals surface area contributed by atoms with E-state index >= 15 is 0 Å². The highest BCUT2D eigenvalue weighted by atomic mass is 15.2. The van der Waals surface area contributed by atoms with Gasteiger partial charge in [-0.15, -0.1) is 0 Å². The molecule has 3 nitrogen and oxygen atoms in total. The third kappa shape index (κ3) is 3.40. The second-order valence-corrected chi connectivity index (χ2v) is 6.20. The average Bonchev–Trinajstić information content (AvgIpc) is 3.00. The van der Waals surface area contributed by atoms with Gasteiger partial charge in [0.15, 0.2) is 0 Å². The second-order valence-electron chi connectivity index (χ2n) is 6.20. The van der Waals surface area contributed by atoms with Crippen LogP contribution in [0.1, 0.15) is 38.3 Å². The summed E-state index contributed by atoms with van der Waals surface area (Å²) >= 11 is 0. The lowest BCUT2D eigenvalue weighted by atomic mass is 10.1. The highest BCUT2D eigenvalue weighted by molar-refractivity contribution is 5.06. The summed E-state index contributed by atoms with van der Waals surface area (Å²) < 4.78 is 2.37. The molecule has 1 saturated carbocycles. The number of likely N-dealkylation sites (tertiary alicyclic amines) is 1. The monoisotopic (exact) mass is 261 g/mol. The van der Waals surface area contributed by atoms with E-state index in [4.69, 9.17) is 0 Å². The molecular formula is C16H27N3. The fourth-order valence-electron chi connectivity index (χ4n) is 3.27. The van der Waals surface area contributed by atoms with Gasteiger partial charge < -0.3 is 14.8 Å². The summed E-state index contributed by atoms with van der Waals surface area (Å²) in [6.07, 6.45) is 7.69. The van der Waals surface area contributed by atoms with E-state index < -0.39 is 0 Å². The first-order chi connectivity index (χ1) is 9.36. The molecule has 0 aromatic carbocycles. The van der Waals surface area contributed by atoms with E-state index in [2.05, 4.69) is 40.0 Å². The highest BCUT2D eigenvalue weighted by Gasteiger charge is 2.33. The van der Waals surface area contributed by atoms with Gasteiger partial charge in [0.25, 0.3) is 0 Å². The van der Waals surface area contributed by atoms with Crippen molar-refractivity contribution in [2.45, 2.75) is 51.7 Å². The van der Waals surface area contributed by atoms with Gasteiger partial charge in [-0.05, 0) is 56.8 Å². The van der Waals surface area contributed by atoms with E-state index in [-0.39, 0.29) is 0 Å². The molecule has 1 saturated heterocycles. The van der Waals surface area contributed by atoms with Crippen LogP contribution in [0, 0.1) is 5.92 Å². The SMILES string of the molecule is CCCn1cccc1CNCC1CCN(C2CC2)C1. The Morgan fingerprint density at radius 2 is 2.21 bits per heavy atom. The molecular weight excluding hydrogens is 234 g/mol. The van der Waals surface area contributed by atoms with Crippen LogP contribution in [0.3, 0.4) is 0 Å². The maximum atomic E-state index is 3.66. The van der Waals surface area contributed by atoms with E-state index in [0.29, 0.717) is 0 Å². The van der Waals surface area contributed by atoms with Crippen molar-refractivity contribution in [1.82, 2.24) is 14.8 Å². The standard InChI is InChI=1S/C16H27N3/c1-2-8-18-9-3-4-16(18)12-17-11-14-7-10-19(13-14)15-5-6-15/h3-4,9,14-15,17H,2,5-8,10-13H2,1H3. The lowest BCUT2D eigenvalue weighted by Gasteiger charge is -2.15. The number of nitrogens with zero attached hydrogens (tertiary/aromatic N) is 2. The topological polar surface area (TPSA) is 20.2 Å². The second kappa shape index (κ2) is 6.10. The summed E-state index contributed by atoms with van der Waals surface area (Å²) in [5.74, 6) is 0.871. The molecule has 1 N–H and O–H groups in total. The molecule has 1 aliphatic heterocycles. The van der Waals surface area contributed by atoms with Crippen molar-refractivity contribution in [2.24, 2.45) is 5.92 Å². The van der Waals surface area contributed by atoms with Gasteiger partial charge in [0.2, 0.25) is 0 Å². The Morgan fingerprint density at radius 3 is 3.00 bits per heavy atom. The molecule has 1 aromatic heterocycles. The summed E-state index contributed by atoms with van der Waals surface area (Å²) in [5.41, 5.74) is 1.43. The minimum absolute atomic E-state index is 0.871. The van der Waals surface area contributed by atoms with Crippen molar-refractivity contribution >= 4 is 0 Å². The van der Waals surface area contributed by atoms with Gasteiger partial charge in [-0.2, -0.15) is 0 Å². The molecule has 0 radical (unpaired) electrons. The smallest absolute Gasteiger partial charge is 0.0359 e. The lowest BCUT2D eigenvalue weighted by molar-refractivity contribution is 0.311. The fourth-order valence-corrected chi connectivity index (χ4v) is 3.27. The first-order valence-corrected chi connectivity index (χ1v) is 7.95. The molecule has 3 rings (SSSR count). The van der Waals surface area contributed by atoms with Crippen molar-refractivity contribution in [3.63, 3.8) is 0 Å². The van der Waals surface area contributed by atoms with Crippen molar-refractivity contribution in [3.8, 4) is 0 Å². The molecule has 1 atom stereocenters. The molecule has 2 heterocycles. The maximum absolute atomic E-state index is 3.66. The zero-order valence-corrected chi connectivity index (χ0v) is 12.1. The average molecular weight is 261 g/mol. The van der Waals surface area contributed by atoms with Crippen molar-refractivity contribution in [1.29, 1.82) is 0 Å². The van der Waals surface area contributed by atoms with E-state index in [1.165, 1.54) is 51.0 Å². The number of rotatable bonds is 7. The predicted molar refractivity (Wildman–Crippen MR) is 79.1 cm³/mol. The lowest BCUT2D eigenvalue weighted by Crippen LogP contribution is -2.27. The number of aryl methyl sites for hydroxylation is 1. The summed E-state index contributed by atoms with van der Waals surface area (Å²) in [5, 5.41) is 3.66. The molecule has 1 aromatic rings. The van der Waals surface area contributed by atoms with Crippen LogP contribution in [0.2, 0.25) is 0 Å². The van der Waals surface area contributed by atoms with Crippen LogP contribution in [-0.4, -0.2) is 35.1 Å². The van der Waals surface area contributed by atoms with Gasteiger partial charge in [-0.25, -0.2) is 0 Å².